The van der Waals surface area contributed by atoms with E-state index < -0.39 is 5.91 Å². The lowest BCUT2D eigenvalue weighted by atomic mass is 10.1. The molecule has 148 valence electrons. The molecule has 0 N–H and O–H groups in total. The summed E-state index contributed by atoms with van der Waals surface area (Å²) < 4.78 is 13.7. The molecule has 0 unspecified atom stereocenters. The molecule has 0 fully saturated rings. The topological polar surface area (TPSA) is 69.6 Å². The van der Waals surface area contributed by atoms with Gasteiger partial charge in [0, 0.05) is 25.3 Å². The average molecular weight is 407 g/mol. The van der Waals surface area contributed by atoms with Gasteiger partial charge in [-0.2, -0.15) is 4.99 Å². The highest BCUT2D eigenvalue weighted by Crippen LogP contribution is 2.23. The Bertz CT molecular complexity index is 1240. The second kappa shape index (κ2) is 8.14. The van der Waals surface area contributed by atoms with Crippen LogP contribution in [0.25, 0.3) is 21.5 Å². The van der Waals surface area contributed by atoms with E-state index >= 15 is 0 Å². The van der Waals surface area contributed by atoms with Crippen LogP contribution in [0.1, 0.15) is 21.6 Å². The summed E-state index contributed by atoms with van der Waals surface area (Å²) >= 11 is 1.48. The van der Waals surface area contributed by atoms with E-state index in [4.69, 9.17) is 9.26 Å². The molecule has 0 aliphatic carbocycles. The van der Waals surface area contributed by atoms with Gasteiger partial charge in [0.05, 0.1) is 16.8 Å². The fraction of sp³-hybridized carbons (Fsp3) is 0.227. The number of carbonyl (C=O) groups is 1. The van der Waals surface area contributed by atoms with Crippen molar-refractivity contribution < 1.29 is 14.1 Å². The van der Waals surface area contributed by atoms with Crippen molar-refractivity contribution in [2.45, 2.75) is 20.4 Å². The minimum atomic E-state index is -0.429. The maximum absolute atomic E-state index is 12.8. The molecule has 2 aromatic heterocycles. The quantitative estimate of drug-likeness (QED) is 0.493. The fourth-order valence-corrected chi connectivity index (χ4v) is 4.20. The molecule has 0 saturated carbocycles. The molecule has 4 aromatic rings. The Labute approximate surface area is 172 Å². The summed E-state index contributed by atoms with van der Waals surface area (Å²) in [6.07, 6.45) is 0. The van der Waals surface area contributed by atoms with Gasteiger partial charge < -0.3 is 13.8 Å². The predicted octanol–water partition coefficient (Wildman–Crippen LogP) is 4.36. The molecule has 0 aliphatic heterocycles. The second-order valence-electron chi connectivity index (χ2n) is 6.79. The van der Waals surface area contributed by atoms with E-state index in [2.05, 4.69) is 36.1 Å². The van der Waals surface area contributed by atoms with Gasteiger partial charge in [-0.15, -0.1) is 0 Å². The summed E-state index contributed by atoms with van der Waals surface area (Å²) in [5.41, 5.74) is 4.50. The molecule has 0 radical (unpaired) electrons. The van der Waals surface area contributed by atoms with Gasteiger partial charge in [0.15, 0.2) is 16.3 Å². The van der Waals surface area contributed by atoms with E-state index in [1.165, 1.54) is 22.5 Å². The first-order valence-corrected chi connectivity index (χ1v) is 10.1. The molecule has 0 bridgehead atoms. The van der Waals surface area contributed by atoms with Gasteiger partial charge in [0.1, 0.15) is 0 Å². The molecule has 0 atom stereocenters. The number of hydrogen-bond donors (Lipinski definition) is 0. The van der Waals surface area contributed by atoms with Crippen LogP contribution >= 0.6 is 11.3 Å². The van der Waals surface area contributed by atoms with Crippen LogP contribution in [0.15, 0.2) is 58.0 Å². The van der Waals surface area contributed by atoms with Crippen molar-refractivity contribution in [3.05, 3.63) is 70.2 Å². The van der Waals surface area contributed by atoms with Gasteiger partial charge >= 0.3 is 5.91 Å². The normalized spacial score (nSPS) is 12.0. The number of aryl methyl sites for hydroxylation is 2. The van der Waals surface area contributed by atoms with Crippen LogP contribution in [0.5, 0.6) is 0 Å². The van der Waals surface area contributed by atoms with Crippen molar-refractivity contribution in [2.75, 3.05) is 13.7 Å². The van der Waals surface area contributed by atoms with E-state index in [0.717, 1.165) is 15.8 Å². The lowest BCUT2D eigenvalue weighted by Crippen LogP contribution is -2.19. The van der Waals surface area contributed by atoms with Gasteiger partial charge in [-0.05, 0) is 37.1 Å². The summed E-state index contributed by atoms with van der Waals surface area (Å²) in [5.74, 6) is 0.112. The zero-order valence-corrected chi connectivity index (χ0v) is 17.3. The van der Waals surface area contributed by atoms with Crippen LogP contribution in [-0.2, 0) is 11.3 Å². The Hall–Kier alpha value is -3.03. The molecule has 6 nitrogen and oxygen atoms in total. The van der Waals surface area contributed by atoms with Crippen molar-refractivity contribution >= 4 is 27.5 Å². The molecule has 0 spiro atoms. The van der Waals surface area contributed by atoms with Crippen LogP contribution in [0.2, 0.25) is 0 Å². The van der Waals surface area contributed by atoms with Crippen molar-refractivity contribution in [3.8, 4) is 11.3 Å². The molecular formula is C22H21N3O3S. The lowest BCUT2D eigenvalue weighted by Gasteiger charge is -2.06. The molecule has 2 heterocycles. The van der Waals surface area contributed by atoms with Crippen molar-refractivity contribution in [1.29, 1.82) is 0 Å². The lowest BCUT2D eigenvalue weighted by molar-refractivity contribution is 0.0989. The minimum absolute atomic E-state index is 0.187. The van der Waals surface area contributed by atoms with Gasteiger partial charge in [-0.3, -0.25) is 4.79 Å². The van der Waals surface area contributed by atoms with E-state index in [1.54, 1.807) is 13.2 Å². The average Bonchev–Trinajstić information content (AvgIpc) is 3.33. The monoisotopic (exact) mass is 407 g/mol. The zero-order chi connectivity index (χ0) is 20.4. The zero-order valence-electron chi connectivity index (χ0n) is 16.5. The number of amides is 1. The standard InChI is InChI=1S/C22H21N3O3S/c1-14-11-18-20(12-15(14)2)29-22(25(18)9-10-27-3)23-21(26)17-13-19(28-24-17)16-7-5-4-6-8-16/h4-8,11-13H,9-10H2,1-3H3. The second-order valence-corrected chi connectivity index (χ2v) is 7.80. The highest BCUT2D eigenvalue weighted by Gasteiger charge is 2.15. The van der Waals surface area contributed by atoms with E-state index in [9.17, 15) is 4.79 Å². The van der Waals surface area contributed by atoms with Crippen LogP contribution < -0.4 is 4.80 Å². The Kier molecular flexibility index (Phi) is 5.42. The summed E-state index contributed by atoms with van der Waals surface area (Å²) in [6, 6.07) is 15.4. The fourth-order valence-electron chi connectivity index (χ4n) is 3.06. The largest absolute Gasteiger partial charge is 0.383 e. The third-order valence-electron chi connectivity index (χ3n) is 4.80. The number of hydrogen-bond acceptors (Lipinski definition) is 5. The number of thiazole rings is 1. The Morgan fingerprint density at radius 1 is 1.17 bits per heavy atom. The highest BCUT2D eigenvalue weighted by molar-refractivity contribution is 7.16. The number of rotatable bonds is 5. The predicted molar refractivity (Wildman–Crippen MR) is 113 cm³/mol. The van der Waals surface area contributed by atoms with Crippen LogP contribution in [0.3, 0.4) is 0 Å². The number of carbonyl (C=O) groups excluding carboxylic acids is 1. The maximum atomic E-state index is 12.8. The summed E-state index contributed by atoms with van der Waals surface area (Å²) in [4.78, 5) is 17.7. The molecule has 1 amide bonds. The third-order valence-corrected chi connectivity index (χ3v) is 5.84. The number of nitrogens with zero attached hydrogens (tertiary/aromatic N) is 3. The Balaban J connectivity index is 1.75. The van der Waals surface area contributed by atoms with Crippen molar-refractivity contribution in [1.82, 2.24) is 9.72 Å². The number of ether oxygens (including phenoxy) is 1. The van der Waals surface area contributed by atoms with Gasteiger partial charge in [-0.25, -0.2) is 0 Å². The molecular weight excluding hydrogens is 386 g/mol. The molecule has 29 heavy (non-hydrogen) atoms. The number of methoxy groups -OCH3 is 1. The molecule has 0 aliphatic rings. The molecule has 4 rings (SSSR count). The number of fused-ring (bicyclic) bond motifs is 1. The Morgan fingerprint density at radius 3 is 2.69 bits per heavy atom. The van der Waals surface area contributed by atoms with Crippen molar-refractivity contribution in [2.24, 2.45) is 4.99 Å². The van der Waals surface area contributed by atoms with E-state index in [0.29, 0.717) is 23.7 Å². The van der Waals surface area contributed by atoms with Gasteiger partial charge in [0.25, 0.3) is 0 Å². The highest BCUT2D eigenvalue weighted by atomic mass is 32.1. The molecule has 0 saturated heterocycles. The smallest absolute Gasteiger partial charge is 0.301 e. The summed E-state index contributed by atoms with van der Waals surface area (Å²) in [5, 5.41) is 3.92. The Morgan fingerprint density at radius 2 is 1.93 bits per heavy atom. The summed E-state index contributed by atoms with van der Waals surface area (Å²) in [7, 11) is 1.66. The first-order valence-electron chi connectivity index (χ1n) is 9.27. The maximum Gasteiger partial charge on any atom is 0.301 e. The number of benzene rings is 2. The third kappa shape index (κ3) is 3.92. The van der Waals surface area contributed by atoms with E-state index in [-0.39, 0.29) is 5.69 Å². The SMILES string of the molecule is COCCn1c(=NC(=O)c2cc(-c3ccccc3)on2)sc2cc(C)c(C)cc21. The summed E-state index contributed by atoms with van der Waals surface area (Å²) in [6.45, 7) is 5.30. The van der Waals surface area contributed by atoms with Crippen LogP contribution in [0.4, 0.5) is 0 Å². The first kappa shape index (κ1) is 19.3. The van der Waals surface area contributed by atoms with Crippen LogP contribution in [0, 0.1) is 13.8 Å². The number of aromatic nitrogens is 2. The molecule has 7 heteroatoms. The molecule has 2 aromatic carbocycles. The van der Waals surface area contributed by atoms with Crippen molar-refractivity contribution in [3.63, 3.8) is 0 Å². The van der Waals surface area contributed by atoms with Crippen LogP contribution in [-0.4, -0.2) is 29.3 Å². The first-order chi connectivity index (χ1) is 14.1. The van der Waals surface area contributed by atoms with Gasteiger partial charge in [0.2, 0.25) is 0 Å². The van der Waals surface area contributed by atoms with Gasteiger partial charge in [-0.1, -0.05) is 46.8 Å². The van der Waals surface area contributed by atoms with E-state index in [1.807, 2.05) is 34.9 Å². The minimum Gasteiger partial charge on any atom is -0.383 e.